The summed E-state index contributed by atoms with van der Waals surface area (Å²) in [5, 5.41) is 2.92. The first-order chi connectivity index (χ1) is 12.4. The van der Waals surface area contributed by atoms with Gasteiger partial charge in [-0.15, -0.1) is 0 Å². The Morgan fingerprint density at radius 2 is 1.92 bits per heavy atom. The highest BCUT2D eigenvalue weighted by Gasteiger charge is 2.26. The molecule has 0 spiro atoms. The molecule has 136 valence electrons. The SMILES string of the molecule is CC/C(=C\c1ccccc1)C(=O)Nc1ccc2c(c1)CCN2S(C)(=O)=O. The molecular formula is C20H22N2O3S. The summed E-state index contributed by atoms with van der Waals surface area (Å²) in [6, 6.07) is 15.1. The molecule has 0 saturated heterocycles. The number of nitrogens with one attached hydrogen (secondary N) is 1. The fourth-order valence-electron chi connectivity index (χ4n) is 3.08. The first kappa shape index (κ1) is 18.2. The van der Waals surface area contributed by atoms with E-state index in [2.05, 4.69) is 5.32 Å². The van der Waals surface area contributed by atoms with Gasteiger partial charge in [0.15, 0.2) is 0 Å². The molecule has 6 heteroatoms. The number of fused-ring (bicyclic) bond motifs is 1. The molecule has 0 bridgehead atoms. The summed E-state index contributed by atoms with van der Waals surface area (Å²) in [5.41, 5.74) is 3.97. The van der Waals surface area contributed by atoms with Crippen LogP contribution in [0.15, 0.2) is 54.1 Å². The Morgan fingerprint density at radius 3 is 2.58 bits per heavy atom. The second kappa shape index (κ2) is 7.33. The minimum absolute atomic E-state index is 0.144. The van der Waals surface area contributed by atoms with Crippen molar-refractivity contribution >= 4 is 33.4 Å². The molecule has 2 aromatic carbocycles. The molecule has 26 heavy (non-hydrogen) atoms. The number of hydrogen-bond acceptors (Lipinski definition) is 3. The molecule has 2 aromatic rings. The molecule has 1 amide bonds. The monoisotopic (exact) mass is 370 g/mol. The number of sulfonamides is 1. The lowest BCUT2D eigenvalue weighted by atomic mass is 10.1. The number of benzene rings is 2. The van der Waals surface area contributed by atoms with E-state index in [1.54, 1.807) is 12.1 Å². The second-order valence-corrected chi connectivity index (χ2v) is 8.22. The molecule has 0 atom stereocenters. The summed E-state index contributed by atoms with van der Waals surface area (Å²) in [6.45, 7) is 2.39. The highest BCUT2D eigenvalue weighted by molar-refractivity contribution is 7.92. The number of anilines is 2. The molecule has 0 aromatic heterocycles. The number of amides is 1. The third-order valence-electron chi connectivity index (χ3n) is 4.40. The van der Waals surface area contributed by atoms with Crippen LogP contribution in [0, 0.1) is 0 Å². The maximum Gasteiger partial charge on any atom is 0.251 e. The Bertz CT molecular complexity index is 950. The zero-order chi connectivity index (χ0) is 18.7. The van der Waals surface area contributed by atoms with E-state index in [0.29, 0.717) is 36.3 Å². The summed E-state index contributed by atoms with van der Waals surface area (Å²) in [6.07, 6.45) is 4.36. The Labute approximate surface area is 154 Å². The Hall–Kier alpha value is -2.60. The molecule has 0 aliphatic carbocycles. The van der Waals surface area contributed by atoms with Gasteiger partial charge in [0.2, 0.25) is 10.0 Å². The lowest BCUT2D eigenvalue weighted by Crippen LogP contribution is -2.27. The number of nitrogens with zero attached hydrogens (tertiary/aromatic N) is 1. The minimum atomic E-state index is -3.27. The van der Waals surface area contributed by atoms with Crippen LogP contribution in [0.4, 0.5) is 11.4 Å². The van der Waals surface area contributed by atoms with Gasteiger partial charge in [-0.1, -0.05) is 37.3 Å². The van der Waals surface area contributed by atoms with Crippen molar-refractivity contribution in [1.29, 1.82) is 0 Å². The van der Waals surface area contributed by atoms with Gasteiger partial charge in [-0.3, -0.25) is 9.10 Å². The highest BCUT2D eigenvalue weighted by atomic mass is 32.2. The number of carbonyl (C=O) groups is 1. The van der Waals surface area contributed by atoms with Crippen molar-refractivity contribution in [2.75, 3.05) is 22.4 Å². The lowest BCUT2D eigenvalue weighted by Gasteiger charge is -2.16. The Kier molecular flexibility index (Phi) is 5.13. The zero-order valence-electron chi connectivity index (χ0n) is 14.9. The van der Waals surface area contributed by atoms with E-state index in [4.69, 9.17) is 0 Å². The Morgan fingerprint density at radius 1 is 1.19 bits per heavy atom. The van der Waals surface area contributed by atoms with Crippen LogP contribution in [0.25, 0.3) is 6.08 Å². The number of carbonyl (C=O) groups excluding carboxylic acids is 1. The van der Waals surface area contributed by atoms with Crippen molar-refractivity contribution in [3.05, 3.63) is 65.2 Å². The van der Waals surface area contributed by atoms with Crippen molar-refractivity contribution in [1.82, 2.24) is 0 Å². The summed E-state index contributed by atoms with van der Waals surface area (Å²) >= 11 is 0. The molecule has 0 radical (unpaired) electrons. The fraction of sp³-hybridized carbons (Fsp3) is 0.250. The maximum absolute atomic E-state index is 12.6. The number of hydrogen-bond donors (Lipinski definition) is 1. The smallest absolute Gasteiger partial charge is 0.251 e. The highest BCUT2D eigenvalue weighted by Crippen LogP contribution is 2.32. The second-order valence-electron chi connectivity index (χ2n) is 6.32. The van der Waals surface area contributed by atoms with Crippen LogP contribution < -0.4 is 9.62 Å². The van der Waals surface area contributed by atoms with E-state index in [9.17, 15) is 13.2 Å². The average molecular weight is 370 g/mol. The molecule has 0 fully saturated rings. The van der Waals surface area contributed by atoms with Crippen molar-refractivity contribution < 1.29 is 13.2 Å². The van der Waals surface area contributed by atoms with Gasteiger partial charge in [-0.05, 0) is 48.2 Å². The van der Waals surface area contributed by atoms with E-state index in [-0.39, 0.29) is 5.91 Å². The molecular weight excluding hydrogens is 348 g/mol. The summed E-state index contributed by atoms with van der Waals surface area (Å²) < 4.78 is 25.0. The van der Waals surface area contributed by atoms with Gasteiger partial charge in [0.1, 0.15) is 0 Å². The van der Waals surface area contributed by atoms with Crippen LogP contribution in [0.3, 0.4) is 0 Å². The van der Waals surface area contributed by atoms with Gasteiger partial charge in [-0.2, -0.15) is 0 Å². The van der Waals surface area contributed by atoms with Crippen molar-refractivity contribution in [2.45, 2.75) is 19.8 Å². The topological polar surface area (TPSA) is 66.5 Å². The zero-order valence-corrected chi connectivity index (χ0v) is 15.7. The van der Waals surface area contributed by atoms with Gasteiger partial charge < -0.3 is 5.32 Å². The number of rotatable bonds is 5. The first-order valence-corrected chi connectivity index (χ1v) is 10.4. The molecule has 0 saturated carbocycles. The average Bonchev–Trinajstić information content (AvgIpc) is 3.04. The minimum Gasteiger partial charge on any atom is -0.322 e. The molecule has 0 unspecified atom stereocenters. The van der Waals surface area contributed by atoms with Gasteiger partial charge in [0.25, 0.3) is 5.91 Å². The van der Waals surface area contributed by atoms with Gasteiger partial charge >= 0.3 is 0 Å². The van der Waals surface area contributed by atoms with E-state index in [1.807, 2.05) is 49.4 Å². The van der Waals surface area contributed by atoms with Crippen LogP contribution in [0.2, 0.25) is 0 Å². The predicted molar refractivity (Wildman–Crippen MR) is 106 cm³/mol. The van der Waals surface area contributed by atoms with E-state index >= 15 is 0 Å². The van der Waals surface area contributed by atoms with Crippen LogP contribution in [0.5, 0.6) is 0 Å². The normalized spacial score (nSPS) is 14.2. The quantitative estimate of drug-likeness (QED) is 0.820. The van der Waals surface area contributed by atoms with Crippen LogP contribution in [0.1, 0.15) is 24.5 Å². The molecule has 1 N–H and O–H groups in total. The van der Waals surface area contributed by atoms with Crippen LogP contribution in [-0.2, 0) is 21.2 Å². The summed E-state index contributed by atoms with van der Waals surface area (Å²) in [5.74, 6) is -0.144. The molecule has 5 nitrogen and oxygen atoms in total. The van der Waals surface area contributed by atoms with Crippen LogP contribution >= 0.6 is 0 Å². The molecule has 1 aliphatic heterocycles. The van der Waals surface area contributed by atoms with Crippen molar-refractivity contribution in [3.63, 3.8) is 0 Å². The standard InChI is InChI=1S/C20H22N2O3S/c1-3-16(13-15-7-5-4-6-8-15)20(23)21-18-9-10-19-17(14-18)11-12-22(19)26(2,24)25/h4-10,13-14H,3,11-12H2,1-2H3,(H,21,23)/b16-13+. The predicted octanol–water partition coefficient (Wildman–Crippen LogP) is 3.44. The van der Waals surface area contributed by atoms with Gasteiger partial charge in [0.05, 0.1) is 11.9 Å². The van der Waals surface area contributed by atoms with E-state index in [0.717, 1.165) is 11.1 Å². The molecule has 1 aliphatic rings. The third-order valence-corrected chi connectivity index (χ3v) is 5.58. The van der Waals surface area contributed by atoms with Gasteiger partial charge in [0, 0.05) is 17.8 Å². The van der Waals surface area contributed by atoms with Crippen molar-refractivity contribution in [2.24, 2.45) is 0 Å². The fourth-order valence-corrected chi connectivity index (χ4v) is 4.04. The molecule has 3 rings (SSSR count). The largest absolute Gasteiger partial charge is 0.322 e. The Balaban J connectivity index is 1.79. The maximum atomic E-state index is 12.6. The van der Waals surface area contributed by atoms with Crippen molar-refractivity contribution in [3.8, 4) is 0 Å². The lowest BCUT2D eigenvalue weighted by molar-refractivity contribution is -0.112. The third kappa shape index (κ3) is 3.96. The van der Waals surface area contributed by atoms with Crippen LogP contribution in [-0.4, -0.2) is 27.1 Å². The molecule has 1 heterocycles. The van der Waals surface area contributed by atoms with E-state index in [1.165, 1.54) is 10.6 Å². The van der Waals surface area contributed by atoms with E-state index < -0.39 is 10.0 Å². The summed E-state index contributed by atoms with van der Waals surface area (Å²) in [4.78, 5) is 12.6. The van der Waals surface area contributed by atoms with Gasteiger partial charge in [-0.25, -0.2) is 8.42 Å². The summed E-state index contributed by atoms with van der Waals surface area (Å²) in [7, 11) is -3.27. The first-order valence-electron chi connectivity index (χ1n) is 8.56.